The molecule has 2 aromatic rings. The second kappa shape index (κ2) is 6.67. The van der Waals surface area contributed by atoms with Crippen LogP contribution in [-0.4, -0.2) is 33.7 Å². The van der Waals surface area contributed by atoms with Crippen molar-refractivity contribution in [2.24, 2.45) is 0 Å². The molecule has 0 aromatic heterocycles. The summed E-state index contributed by atoms with van der Waals surface area (Å²) in [5.74, 6) is -1.60. The van der Waals surface area contributed by atoms with Gasteiger partial charge in [0.15, 0.2) is 0 Å². The molecule has 1 fully saturated rings. The van der Waals surface area contributed by atoms with E-state index in [1.54, 1.807) is 24.3 Å². The lowest BCUT2D eigenvalue weighted by Gasteiger charge is -2.25. The zero-order valence-electron chi connectivity index (χ0n) is 12.8. The molecule has 6 heteroatoms. The maximum atomic E-state index is 14.1. The monoisotopic (exact) mass is 333 g/mol. The number of nitrogens with zero attached hydrogens (tertiary/aromatic N) is 1. The average Bonchev–Trinajstić information content (AvgIpc) is 2.98. The largest absolute Gasteiger partial charge is 0.392 e. The first-order valence-corrected chi connectivity index (χ1v) is 7.63. The molecule has 1 saturated heterocycles. The summed E-state index contributed by atoms with van der Waals surface area (Å²) in [4.78, 5) is 14.1. The summed E-state index contributed by atoms with van der Waals surface area (Å²) < 4.78 is 27.6. The van der Waals surface area contributed by atoms with Crippen molar-refractivity contribution in [1.29, 1.82) is 0 Å². The number of hydrogen-bond donors (Lipinski definition) is 2. The number of halogens is 2. The Morgan fingerprint density at radius 2 is 2.00 bits per heavy atom. The lowest BCUT2D eigenvalue weighted by Crippen LogP contribution is -2.32. The third-order valence-corrected chi connectivity index (χ3v) is 4.21. The summed E-state index contributed by atoms with van der Waals surface area (Å²) in [5.41, 5.74) is 0.963. The van der Waals surface area contributed by atoms with E-state index in [9.17, 15) is 23.8 Å². The van der Waals surface area contributed by atoms with Crippen molar-refractivity contribution in [3.05, 3.63) is 70.8 Å². The number of benzene rings is 2. The fourth-order valence-corrected chi connectivity index (χ4v) is 3.07. The lowest BCUT2D eigenvalue weighted by molar-refractivity contribution is 0.0713. The number of aliphatic hydroxyl groups excluding tert-OH is 2. The Kier molecular flexibility index (Phi) is 4.59. The predicted octanol–water partition coefficient (Wildman–Crippen LogP) is 2.41. The second-order valence-corrected chi connectivity index (χ2v) is 5.89. The van der Waals surface area contributed by atoms with Crippen LogP contribution in [0.3, 0.4) is 0 Å². The molecule has 4 nitrogen and oxygen atoms in total. The van der Waals surface area contributed by atoms with E-state index in [0.717, 1.165) is 18.2 Å². The van der Waals surface area contributed by atoms with Gasteiger partial charge in [-0.3, -0.25) is 4.79 Å². The number of hydrogen-bond acceptors (Lipinski definition) is 3. The van der Waals surface area contributed by atoms with E-state index in [4.69, 9.17) is 0 Å². The third-order valence-electron chi connectivity index (χ3n) is 4.21. The quantitative estimate of drug-likeness (QED) is 0.907. The van der Waals surface area contributed by atoms with Crippen LogP contribution in [0.1, 0.15) is 33.9 Å². The minimum absolute atomic E-state index is 0.0445. The van der Waals surface area contributed by atoms with Crippen molar-refractivity contribution in [3.63, 3.8) is 0 Å². The van der Waals surface area contributed by atoms with Crippen LogP contribution < -0.4 is 0 Å². The fourth-order valence-electron chi connectivity index (χ4n) is 3.07. The van der Waals surface area contributed by atoms with Crippen molar-refractivity contribution in [3.8, 4) is 0 Å². The van der Waals surface area contributed by atoms with E-state index in [0.29, 0.717) is 11.1 Å². The summed E-state index contributed by atoms with van der Waals surface area (Å²) in [6.07, 6.45) is -0.658. The third kappa shape index (κ3) is 3.16. The Morgan fingerprint density at radius 3 is 2.75 bits per heavy atom. The first-order chi connectivity index (χ1) is 11.5. The second-order valence-electron chi connectivity index (χ2n) is 5.89. The van der Waals surface area contributed by atoms with Gasteiger partial charge in [-0.1, -0.05) is 12.1 Å². The lowest BCUT2D eigenvalue weighted by atomic mass is 10.0. The van der Waals surface area contributed by atoms with E-state index in [1.165, 1.54) is 4.90 Å². The molecule has 0 bridgehead atoms. The van der Waals surface area contributed by atoms with Crippen molar-refractivity contribution < 1.29 is 23.8 Å². The molecule has 0 radical (unpaired) electrons. The molecular formula is C18H17F2NO3. The van der Waals surface area contributed by atoms with Gasteiger partial charge in [0.2, 0.25) is 0 Å². The molecule has 0 unspecified atom stereocenters. The molecular weight excluding hydrogens is 316 g/mol. The van der Waals surface area contributed by atoms with Gasteiger partial charge in [-0.05, 0) is 42.3 Å². The van der Waals surface area contributed by atoms with E-state index in [-0.39, 0.29) is 25.1 Å². The van der Waals surface area contributed by atoms with Gasteiger partial charge in [0.05, 0.1) is 18.8 Å². The van der Waals surface area contributed by atoms with Gasteiger partial charge in [-0.2, -0.15) is 0 Å². The van der Waals surface area contributed by atoms with Crippen LogP contribution >= 0.6 is 0 Å². The van der Waals surface area contributed by atoms with Crippen LogP contribution in [0.15, 0.2) is 42.5 Å². The van der Waals surface area contributed by atoms with Crippen molar-refractivity contribution >= 4 is 5.91 Å². The normalized spacial score (nSPS) is 20.4. The van der Waals surface area contributed by atoms with Crippen LogP contribution in [0, 0.1) is 11.6 Å². The number of carbonyl (C=O) groups is 1. The van der Waals surface area contributed by atoms with Crippen molar-refractivity contribution in [1.82, 2.24) is 4.90 Å². The number of rotatable bonds is 3. The van der Waals surface area contributed by atoms with Crippen LogP contribution in [0.2, 0.25) is 0 Å². The number of carbonyl (C=O) groups excluding carboxylic acids is 1. The molecule has 0 aliphatic carbocycles. The van der Waals surface area contributed by atoms with Gasteiger partial charge in [0.25, 0.3) is 5.91 Å². The number of β-amino-alcohol motifs (C(OH)–C–C–N with tert-alkyl or cyclic N) is 1. The molecule has 1 heterocycles. The summed E-state index contributed by atoms with van der Waals surface area (Å²) >= 11 is 0. The molecule has 24 heavy (non-hydrogen) atoms. The van der Waals surface area contributed by atoms with Crippen molar-refractivity contribution in [2.45, 2.75) is 25.2 Å². The van der Waals surface area contributed by atoms with Crippen LogP contribution in [-0.2, 0) is 6.61 Å². The molecule has 0 spiro atoms. The average molecular weight is 333 g/mol. The highest BCUT2D eigenvalue weighted by molar-refractivity contribution is 5.95. The van der Waals surface area contributed by atoms with Gasteiger partial charge < -0.3 is 15.1 Å². The summed E-state index contributed by atoms with van der Waals surface area (Å²) in [6, 6.07) is 8.81. The first kappa shape index (κ1) is 16.5. The Morgan fingerprint density at radius 1 is 1.21 bits per heavy atom. The minimum Gasteiger partial charge on any atom is -0.392 e. The smallest absolute Gasteiger partial charge is 0.254 e. The van der Waals surface area contributed by atoms with Gasteiger partial charge in [0.1, 0.15) is 11.6 Å². The molecule has 126 valence electrons. The molecule has 2 N–H and O–H groups in total. The van der Waals surface area contributed by atoms with Crippen LogP contribution in [0.25, 0.3) is 0 Å². The number of aliphatic hydroxyl groups is 2. The standard InChI is InChI=1S/C18H17F2NO3/c19-13-4-5-16(20)15(7-13)17-8-14(23)9-21(17)18(24)12-3-1-2-11(6-12)10-22/h1-7,14,17,22-23H,8-10H2/t14-,17-/m0/s1. The predicted molar refractivity (Wildman–Crippen MR) is 83.1 cm³/mol. The Balaban J connectivity index is 1.95. The molecule has 3 rings (SSSR count). The highest BCUT2D eigenvalue weighted by Gasteiger charge is 2.37. The Bertz CT molecular complexity index is 766. The maximum absolute atomic E-state index is 14.1. The summed E-state index contributed by atoms with van der Waals surface area (Å²) in [7, 11) is 0. The summed E-state index contributed by atoms with van der Waals surface area (Å²) in [6.45, 7) is -0.158. The van der Waals surface area contributed by atoms with Gasteiger partial charge in [-0.15, -0.1) is 0 Å². The zero-order chi connectivity index (χ0) is 17.3. The van der Waals surface area contributed by atoms with Gasteiger partial charge >= 0.3 is 0 Å². The molecule has 1 aliphatic rings. The Hall–Kier alpha value is -2.31. The first-order valence-electron chi connectivity index (χ1n) is 7.63. The summed E-state index contributed by atoms with van der Waals surface area (Å²) in [5, 5.41) is 19.1. The zero-order valence-corrected chi connectivity index (χ0v) is 12.8. The highest BCUT2D eigenvalue weighted by atomic mass is 19.1. The Labute approximate surface area is 138 Å². The minimum atomic E-state index is -0.803. The SMILES string of the molecule is O=C(c1cccc(CO)c1)N1C[C@@H](O)C[C@H]1c1cc(F)ccc1F. The number of amides is 1. The van der Waals surface area contributed by atoms with Crippen LogP contribution in [0.5, 0.6) is 0 Å². The van der Waals surface area contributed by atoms with Gasteiger partial charge in [-0.25, -0.2) is 8.78 Å². The molecule has 0 saturated carbocycles. The van der Waals surface area contributed by atoms with E-state index < -0.39 is 29.7 Å². The maximum Gasteiger partial charge on any atom is 0.254 e. The highest BCUT2D eigenvalue weighted by Crippen LogP contribution is 2.35. The topological polar surface area (TPSA) is 60.8 Å². The fraction of sp³-hybridized carbons (Fsp3) is 0.278. The molecule has 1 aliphatic heterocycles. The molecule has 1 amide bonds. The van der Waals surface area contributed by atoms with E-state index >= 15 is 0 Å². The van der Waals surface area contributed by atoms with Crippen molar-refractivity contribution in [2.75, 3.05) is 6.54 Å². The van der Waals surface area contributed by atoms with Gasteiger partial charge in [0, 0.05) is 17.7 Å². The molecule has 2 atom stereocenters. The van der Waals surface area contributed by atoms with E-state index in [2.05, 4.69) is 0 Å². The van der Waals surface area contributed by atoms with E-state index in [1.807, 2.05) is 0 Å². The number of likely N-dealkylation sites (tertiary alicyclic amines) is 1. The molecule has 2 aromatic carbocycles. The van der Waals surface area contributed by atoms with Crippen LogP contribution in [0.4, 0.5) is 8.78 Å².